The van der Waals surface area contributed by atoms with Crippen molar-refractivity contribution >= 4 is 11.9 Å². The van der Waals surface area contributed by atoms with E-state index >= 15 is 0 Å². The molecule has 0 saturated heterocycles. The number of carboxylic acids is 1. The molecule has 0 aliphatic heterocycles. The minimum atomic E-state index is -4.31. The molecule has 1 aliphatic carbocycles. The molecule has 0 spiro atoms. The summed E-state index contributed by atoms with van der Waals surface area (Å²) in [7, 11) is 0. The first-order chi connectivity index (χ1) is 9.71. The molecule has 1 rings (SSSR count). The van der Waals surface area contributed by atoms with Crippen LogP contribution in [0.3, 0.4) is 0 Å². The Morgan fingerprint density at radius 3 is 1.91 bits per heavy atom. The summed E-state index contributed by atoms with van der Waals surface area (Å²) >= 11 is 0. The van der Waals surface area contributed by atoms with Gasteiger partial charge in [-0.1, -0.05) is 0 Å². The van der Waals surface area contributed by atoms with Gasteiger partial charge in [-0.15, -0.1) is 0 Å². The van der Waals surface area contributed by atoms with E-state index in [1.54, 1.807) is 20.8 Å². The van der Waals surface area contributed by atoms with Crippen LogP contribution in [0.1, 0.15) is 52.9 Å². The highest BCUT2D eigenvalue weighted by Gasteiger charge is 2.61. The third-order valence-corrected chi connectivity index (χ3v) is 3.75. The second kappa shape index (κ2) is 5.73. The lowest BCUT2D eigenvalue weighted by molar-refractivity contribution is -0.226. The van der Waals surface area contributed by atoms with Crippen molar-refractivity contribution in [1.82, 2.24) is 0 Å². The highest BCUT2D eigenvalue weighted by molar-refractivity contribution is 5.77. The number of aliphatic carboxylic acids is 1. The Balaban J connectivity index is 2.71. The van der Waals surface area contributed by atoms with E-state index in [2.05, 4.69) is 0 Å². The SMILES string of the molecule is CC(C)(C)OC(=O)CC1(O)CCC(O)(C(F)(F)C(=O)O)CC1. The van der Waals surface area contributed by atoms with Gasteiger partial charge >= 0.3 is 17.9 Å². The average Bonchev–Trinajstić information content (AvgIpc) is 2.30. The van der Waals surface area contributed by atoms with Crippen molar-refractivity contribution in [2.45, 2.75) is 75.6 Å². The lowest BCUT2D eigenvalue weighted by Crippen LogP contribution is -2.57. The maximum Gasteiger partial charge on any atom is 0.377 e. The number of aliphatic hydroxyl groups is 2. The molecule has 3 N–H and O–H groups in total. The summed E-state index contributed by atoms with van der Waals surface area (Å²) < 4.78 is 32.1. The molecule has 0 unspecified atom stereocenters. The summed E-state index contributed by atoms with van der Waals surface area (Å²) in [6.07, 6.45) is -2.26. The fourth-order valence-electron chi connectivity index (χ4n) is 2.47. The van der Waals surface area contributed by atoms with Gasteiger partial charge in [-0.25, -0.2) is 4.79 Å². The Morgan fingerprint density at radius 2 is 1.55 bits per heavy atom. The third-order valence-electron chi connectivity index (χ3n) is 3.75. The Bertz CT molecular complexity index is 447. The lowest BCUT2D eigenvalue weighted by Gasteiger charge is -2.42. The average molecular weight is 324 g/mol. The molecule has 0 atom stereocenters. The number of esters is 1. The molecule has 0 amide bonds. The summed E-state index contributed by atoms with van der Waals surface area (Å²) in [5.74, 6) is -7.39. The molecule has 1 saturated carbocycles. The van der Waals surface area contributed by atoms with Gasteiger partial charge in [0.1, 0.15) is 11.2 Å². The minimum absolute atomic E-state index is 0.314. The second-order valence-corrected chi connectivity index (χ2v) is 6.90. The van der Waals surface area contributed by atoms with Gasteiger partial charge < -0.3 is 20.1 Å². The van der Waals surface area contributed by atoms with E-state index in [0.29, 0.717) is 0 Å². The Kier molecular flexibility index (Phi) is 4.89. The molecular weight excluding hydrogens is 302 g/mol. The maximum absolute atomic E-state index is 13.5. The molecular formula is C14H22F2O6. The van der Waals surface area contributed by atoms with E-state index < -0.39 is 47.5 Å². The predicted octanol–water partition coefficient (Wildman–Crippen LogP) is 1.47. The quantitative estimate of drug-likeness (QED) is 0.677. The number of ether oxygens (including phenoxy) is 1. The van der Waals surface area contributed by atoms with Gasteiger partial charge in [0.15, 0.2) is 0 Å². The topological polar surface area (TPSA) is 104 Å². The summed E-state index contributed by atoms with van der Waals surface area (Å²) in [4.78, 5) is 22.3. The number of alkyl halides is 2. The van der Waals surface area contributed by atoms with Gasteiger partial charge in [-0.2, -0.15) is 8.78 Å². The molecule has 0 radical (unpaired) electrons. The minimum Gasteiger partial charge on any atom is -0.477 e. The molecule has 0 bridgehead atoms. The van der Waals surface area contributed by atoms with Gasteiger partial charge in [0.05, 0.1) is 12.0 Å². The zero-order chi connectivity index (χ0) is 17.4. The van der Waals surface area contributed by atoms with Crippen LogP contribution in [0.2, 0.25) is 0 Å². The van der Waals surface area contributed by atoms with Gasteiger partial charge in [0.2, 0.25) is 0 Å². The van der Waals surface area contributed by atoms with Crippen molar-refractivity contribution in [2.75, 3.05) is 0 Å². The first kappa shape index (κ1) is 18.8. The van der Waals surface area contributed by atoms with Gasteiger partial charge in [0.25, 0.3) is 0 Å². The first-order valence-electron chi connectivity index (χ1n) is 6.99. The molecule has 8 heteroatoms. The van der Waals surface area contributed by atoms with Gasteiger partial charge in [0, 0.05) is 0 Å². The highest BCUT2D eigenvalue weighted by atomic mass is 19.3. The number of hydrogen-bond donors (Lipinski definition) is 3. The van der Waals surface area contributed by atoms with Crippen molar-refractivity contribution < 1.29 is 38.4 Å². The smallest absolute Gasteiger partial charge is 0.377 e. The molecule has 0 aromatic rings. The Hall–Kier alpha value is -1.28. The number of carbonyl (C=O) groups excluding carboxylic acids is 1. The zero-order valence-corrected chi connectivity index (χ0v) is 12.9. The molecule has 22 heavy (non-hydrogen) atoms. The van der Waals surface area contributed by atoms with E-state index in [-0.39, 0.29) is 19.3 Å². The molecule has 0 heterocycles. The van der Waals surface area contributed by atoms with Crippen LogP contribution in [0.5, 0.6) is 0 Å². The fraction of sp³-hybridized carbons (Fsp3) is 0.857. The molecule has 1 fully saturated rings. The number of rotatable bonds is 4. The molecule has 128 valence electrons. The zero-order valence-electron chi connectivity index (χ0n) is 12.9. The van der Waals surface area contributed by atoms with Crippen LogP contribution >= 0.6 is 0 Å². The van der Waals surface area contributed by atoms with Crippen molar-refractivity contribution in [3.8, 4) is 0 Å². The number of halogens is 2. The van der Waals surface area contributed by atoms with E-state index in [0.717, 1.165) is 0 Å². The number of hydrogen-bond acceptors (Lipinski definition) is 5. The van der Waals surface area contributed by atoms with Crippen LogP contribution in [0.25, 0.3) is 0 Å². The molecule has 6 nitrogen and oxygen atoms in total. The predicted molar refractivity (Wildman–Crippen MR) is 71.4 cm³/mol. The Morgan fingerprint density at radius 1 is 1.09 bits per heavy atom. The van der Waals surface area contributed by atoms with E-state index in [9.17, 15) is 28.6 Å². The van der Waals surface area contributed by atoms with Crippen LogP contribution in [-0.4, -0.2) is 50.0 Å². The van der Waals surface area contributed by atoms with Crippen LogP contribution in [0.15, 0.2) is 0 Å². The van der Waals surface area contributed by atoms with Crippen LogP contribution in [0.4, 0.5) is 8.78 Å². The molecule has 1 aliphatic rings. The van der Waals surface area contributed by atoms with Crippen molar-refractivity contribution in [3.05, 3.63) is 0 Å². The monoisotopic (exact) mass is 324 g/mol. The van der Waals surface area contributed by atoms with Gasteiger partial charge in [-0.05, 0) is 46.5 Å². The summed E-state index contributed by atoms with van der Waals surface area (Å²) in [5.41, 5.74) is -5.04. The van der Waals surface area contributed by atoms with Crippen LogP contribution in [0, 0.1) is 0 Å². The first-order valence-corrected chi connectivity index (χ1v) is 6.99. The summed E-state index contributed by atoms with van der Waals surface area (Å²) in [6, 6.07) is 0. The molecule has 0 aromatic heterocycles. The summed E-state index contributed by atoms with van der Waals surface area (Å²) in [6.45, 7) is 4.96. The Labute approximate surface area is 127 Å². The standard InChI is InChI=1S/C14H22F2O6/c1-11(2,3)22-9(17)8-12(20)4-6-13(21,7-5-12)14(15,16)10(18)19/h20-21H,4-8H2,1-3H3,(H,18,19). The number of carbonyl (C=O) groups is 2. The normalized spacial score (nSPS) is 30.0. The number of carboxylic acid groups (broad SMARTS) is 1. The van der Waals surface area contributed by atoms with E-state index in [4.69, 9.17) is 9.84 Å². The lowest BCUT2D eigenvalue weighted by atomic mass is 9.72. The second-order valence-electron chi connectivity index (χ2n) is 6.90. The largest absolute Gasteiger partial charge is 0.477 e. The van der Waals surface area contributed by atoms with Crippen molar-refractivity contribution in [1.29, 1.82) is 0 Å². The van der Waals surface area contributed by atoms with Crippen LogP contribution in [-0.2, 0) is 14.3 Å². The van der Waals surface area contributed by atoms with Crippen molar-refractivity contribution in [2.24, 2.45) is 0 Å². The van der Waals surface area contributed by atoms with Gasteiger partial charge in [-0.3, -0.25) is 4.79 Å². The van der Waals surface area contributed by atoms with E-state index in [1.807, 2.05) is 0 Å². The van der Waals surface area contributed by atoms with Crippen LogP contribution < -0.4 is 0 Å². The molecule has 0 aromatic carbocycles. The fourth-order valence-corrected chi connectivity index (χ4v) is 2.47. The van der Waals surface area contributed by atoms with Crippen molar-refractivity contribution in [3.63, 3.8) is 0 Å². The maximum atomic E-state index is 13.5. The highest BCUT2D eigenvalue weighted by Crippen LogP contribution is 2.45. The third kappa shape index (κ3) is 4.13. The van der Waals surface area contributed by atoms with E-state index in [1.165, 1.54) is 0 Å². The summed E-state index contributed by atoms with van der Waals surface area (Å²) in [5, 5.41) is 28.7.